The molecular formula is C23H19F11O3. The number of alkyl halides is 11. The summed E-state index contributed by atoms with van der Waals surface area (Å²) in [5.41, 5.74) is -4.11. The van der Waals surface area contributed by atoms with Crippen molar-refractivity contribution in [2.45, 2.75) is 55.4 Å². The molecule has 3 unspecified atom stereocenters. The number of benzene rings is 2. The monoisotopic (exact) mass is 552 g/mol. The van der Waals surface area contributed by atoms with Crippen LogP contribution in [0.2, 0.25) is 0 Å². The van der Waals surface area contributed by atoms with Crippen molar-refractivity contribution in [3.05, 3.63) is 71.8 Å². The highest BCUT2D eigenvalue weighted by Gasteiger charge is 2.80. The summed E-state index contributed by atoms with van der Waals surface area (Å²) in [6.45, 7) is -0.857. The maximum atomic E-state index is 14.7. The molecule has 0 aromatic heterocycles. The summed E-state index contributed by atoms with van der Waals surface area (Å²) in [7, 11) is 0. The molecule has 37 heavy (non-hydrogen) atoms. The van der Waals surface area contributed by atoms with Crippen LogP contribution in [0.3, 0.4) is 0 Å². The van der Waals surface area contributed by atoms with Crippen LogP contribution in [0.5, 0.6) is 0 Å². The molecule has 0 saturated heterocycles. The summed E-state index contributed by atoms with van der Waals surface area (Å²) in [6.07, 6.45) is -21.2. The van der Waals surface area contributed by atoms with Gasteiger partial charge >= 0.3 is 30.2 Å². The molecule has 2 rings (SSSR count). The lowest BCUT2D eigenvalue weighted by Gasteiger charge is -2.40. The lowest BCUT2D eigenvalue weighted by molar-refractivity contribution is -0.380. The van der Waals surface area contributed by atoms with Gasteiger partial charge in [-0.15, -0.1) is 0 Å². The number of halogens is 11. The van der Waals surface area contributed by atoms with Crippen LogP contribution in [0, 0.1) is 5.92 Å². The van der Waals surface area contributed by atoms with Gasteiger partial charge < -0.3 is 9.84 Å². The third-order valence-corrected chi connectivity index (χ3v) is 5.48. The fourth-order valence-corrected chi connectivity index (χ4v) is 3.46. The van der Waals surface area contributed by atoms with E-state index in [2.05, 4.69) is 4.74 Å². The molecule has 0 heterocycles. The normalized spacial score (nSPS) is 16.5. The number of hydrogen-bond donors (Lipinski definition) is 1. The van der Waals surface area contributed by atoms with Crippen molar-refractivity contribution in [1.29, 1.82) is 0 Å². The Hall–Kier alpha value is -2.90. The van der Waals surface area contributed by atoms with Crippen LogP contribution in [0.4, 0.5) is 48.3 Å². The Morgan fingerprint density at radius 3 is 1.68 bits per heavy atom. The largest absolute Gasteiger partial charge is 0.459 e. The number of aryl methyl sites for hydroxylation is 1. The molecule has 2 aromatic rings. The molecule has 0 amide bonds. The molecule has 14 heteroatoms. The molecule has 0 spiro atoms. The molecule has 0 bridgehead atoms. The van der Waals surface area contributed by atoms with E-state index in [-0.39, 0.29) is 11.1 Å². The zero-order valence-electron chi connectivity index (χ0n) is 18.5. The fourth-order valence-electron chi connectivity index (χ4n) is 3.46. The predicted molar refractivity (Wildman–Crippen MR) is 106 cm³/mol. The Labute approximate surface area is 202 Å². The van der Waals surface area contributed by atoms with Crippen LogP contribution < -0.4 is 0 Å². The molecule has 0 aliphatic carbocycles. The van der Waals surface area contributed by atoms with E-state index in [1.165, 1.54) is 60.7 Å². The number of rotatable bonds is 10. The molecule has 3 atom stereocenters. The standard InChI is InChI=1S/C23H19F11O3/c24-17(20(25,26)22(30,31)23(32,33)34)16(21(27,28)29)19(36,12-11-14-7-3-1-4-8-14)18(35)37-13-15-9-5-2-6-10-15/h1-10,16-17,36H,11-13H2. The summed E-state index contributed by atoms with van der Waals surface area (Å²) >= 11 is 0. The van der Waals surface area contributed by atoms with Gasteiger partial charge in [-0.2, -0.15) is 43.9 Å². The van der Waals surface area contributed by atoms with Gasteiger partial charge in [0.15, 0.2) is 11.8 Å². The first-order chi connectivity index (χ1) is 16.9. The summed E-state index contributed by atoms with van der Waals surface area (Å²) in [4.78, 5) is 12.6. The quantitative estimate of drug-likeness (QED) is 0.273. The molecule has 206 valence electrons. The zero-order chi connectivity index (χ0) is 28.3. The average Bonchev–Trinajstić information content (AvgIpc) is 2.80. The molecule has 1 N–H and O–H groups in total. The van der Waals surface area contributed by atoms with E-state index in [0.29, 0.717) is 0 Å². The van der Waals surface area contributed by atoms with Gasteiger partial charge in [-0.05, 0) is 24.0 Å². The van der Waals surface area contributed by atoms with Gasteiger partial charge in [0.1, 0.15) is 12.5 Å². The van der Waals surface area contributed by atoms with E-state index in [4.69, 9.17) is 0 Å². The van der Waals surface area contributed by atoms with Gasteiger partial charge in [0.25, 0.3) is 0 Å². The summed E-state index contributed by atoms with van der Waals surface area (Å²) in [5.74, 6) is -21.4. The lowest BCUT2D eigenvalue weighted by atomic mass is 9.76. The summed E-state index contributed by atoms with van der Waals surface area (Å²) < 4.78 is 154. The van der Waals surface area contributed by atoms with Gasteiger partial charge in [-0.1, -0.05) is 60.7 Å². The van der Waals surface area contributed by atoms with Crippen LogP contribution in [-0.4, -0.2) is 47.0 Å². The van der Waals surface area contributed by atoms with Crippen molar-refractivity contribution in [2.24, 2.45) is 5.92 Å². The Morgan fingerprint density at radius 2 is 1.24 bits per heavy atom. The third-order valence-electron chi connectivity index (χ3n) is 5.48. The summed E-state index contributed by atoms with van der Waals surface area (Å²) in [5, 5.41) is 10.7. The van der Waals surface area contributed by atoms with Crippen LogP contribution in [0.1, 0.15) is 17.5 Å². The van der Waals surface area contributed by atoms with Crippen molar-refractivity contribution >= 4 is 5.97 Å². The van der Waals surface area contributed by atoms with E-state index < -0.39 is 67.3 Å². The molecule has 0 aliphatic rings. The molecule has 0 aliphatic heterocycles. The zero-order valence-corrected chi connectivity index (χ0v) is 18.5. The highest BCUT2D eigenvalue weighted by Crippen LogP contribution is 2.54. The lowest BCUT2D eigenvalue weighted by Crippen LogP contribution is -2.65. The first-order valence-electron chi connectivity index (χ1n) is 10.4. The van der Waals surface area contributed by atoms with E-state index in [1.54, 1.807) is 0 Å². The number of carbonyl (C=O) groups excluding carboxylic acids is 1. The Kier molecular flexibility index (Phi) is 8.88. The minimum absolute atomic E-state index is 0.0977. The topological polar surface area (TPSA) is 46.5 Å². The van der Waals surface area contributed by atoms with E-state index in [0.717, 1.165) is 0 Å². The van der Waals surface area contributed by atoms with Crippen LogP contribution in [0.25, 0.3) is 0 Å². The predicted octanol–water partition coefficient (Wildman–Crippen LogP) is 6.44. The van der Waals surface area contributed by atoms with Gasteiger partial charge in [-0.25, -0.2) is 9.18 Å². The van der Waals surface area contributed by atoms with E-state index >= 15 is 0 Å². The van der Waals surface area contributed by atoms with Gasteiger partial charge in [0.2, 0.25) is 0 Å². The molecule has 0 radical (unpaired) electrons. The smallest absolute Gasteiger partial charge is 0.459 e. The Bertz CT molecular complexity index is 1020. The van der Waals surface area contributed by atoms with Crippen molar-refractivity contribution in [2.75, 3.05) is 0 Å². The maximum Gasteiger partial charge on any atom is 0.459 e. The summed E-state index contributed by atoms with van der Waals surface area (Å²) in [6, 6.07) is 13.6. The molecular weight excluding hydrogens is 533 g/mol. The van der Waals surface area contributed by atoms with Crippen molar-refractivity contribution in [3.8, 4) is 0 Å². The number of esters is 1. The van der Waals surface area contributed by atoms with Crippen molar-refractivity contribution in [3.63, 3.8) is 0 Å². The minimum Gasteiger partial charge on any atom is -0.459 e. The highest BCUT2D eigenvalue weighted by atomic mass is 19.4. The van der Waals surface area contributed by atoms with Crippen molar-refractivity contribution < 1.29 is 62.9 Å². The molecule has 3 nitrogen and oxygen atoms in total. The first-order valence-corrected chi connectivity index (χ1v) is 10.4. The molecule has 0 saturated carbocycles. The van der Waals surface area contributed by atoms with Gasteiger partial charge in [0.05, 0.1) is 0 Å². The molecule has 2 aromatic carbocycles. The van der Waals surface area contributed by atoms with E-state index in [1.807, 2.05) is 0 Å². The van der Waals surface area contributed by atoms with E-state index in [9.17, 15) is 58.2 Å². The minimum atomic E-state index is -7.28. The van der Waals surface area contributed by atoms with Crippen LogP contribution in [-0.2, 0) is 22.6 Å². The number of aliphatic hydroxyl groups is 1. The van der Waals surface area contributed by atoms with Gasteiger partial charge in [0, 0.05) is 0 Å². The van der Waals surface area contributed by atoms with Crippen molar-refractivity contribution in [1.82, 2.24) is 0 Å². The second-order valence-corrected chi connectivity index (χ2v) is 8.09. The Balaban J connectivity index is 2.56. The number of ether oxygens (including phenoxy) is 1. The number of hydrogen-bond acceptors (Lipinski definition) is 3. The van der Waals surface area contributed by atoms with Gasteiger partial charge in [-0.3, -0.25) is 0 Å². The third kappa shape index (κ3) is 6.51. The Morgan fingerprint density at radius 1 is 0.784 bits per heavy atom. The second-order valence-electron chi connectivity index (χ2n) is 8.09. The fraction of sp³-hybridized carbons (Fsp3) is 0.435. The maximum absolute atomic E-state index is 14.7. The van der Waals surface area contributed by atoms with Crippen LogP contribution >= 0.6 is 0 Å². The average molecular weight is 552 g/mol. The first kappa shape index (κ1) is 30.3. The second kappa shape index (κ2) is 10.8. The number of carbonyl (C=O) groups is 1. The molecule has 0 fully saturated rings. The SMILES string of the molecule is O=C(OCc1ccccc1)C(O)(CCc1ccccc1)C(C(F)C(F)(F)C(F)(F)C(F)(F)F)C(F)(F)F. The highest BCUT2D eigenvalue weighted by molar-refractivity contribution is 5.80. The van der Waals surface area contributed by atoms with Crippen LogP contribution in [0.15, 0.2) is 60.7 Å².